The maximum atomic E-state index is 8.97. The minimum atomic E-state index is 0.150. The minimum absolute atomic E-state index is 0.150. The largest absolute Gasteiger partial charge is 0.508 e. The van der Waals surface area contributed by atoms with Crippen molar-refractivity contribution >= 4 is 11.6 Å². The lowest BCUT2D eigenvalue weighted by Crippen LogP contribution is -1.99. The van der Waals surface area contributed by atoms with Gasteiger partial charge in [-0.15, -0.1) is 0 Å². The molecule has 0 atom stereocenters. The molecule has 2 aromatic rings. The van der Waals surface area contributed by atoms with E-state index in [0.29, 0.717) is 22.9 Å². The van der Waals surface area contributed by atoms with Gasteiger partial charge in [0.05, 0.1) is 23.3 Å². The van der Waals surface area contributed by atoms with Crippen molar-refractivity contribution in [3.8, 4) is 23.6 Å². The van der Waals surface area contributed by atoms with E-state index in [1.54, 1.807) is 38.5 Å². The average molecular weight is 391 g/mol. The number of alkyl halides is 1. The Morgan fingerprint density at radius 3 is 1.85 bits per heavy atom. The van der Waals surface area contributed by atoms with E-state index < -0.39 is 0 Å². The number of nitrogens with zero attached hydrogens (tertiary/aromatic N) is 2. The van der Waals surface area contributed by atoms with E-state index in [2.05, 4.69) is 10.8 Å². The second kappa shape index (κ2) is 14.4. The highest BCUT2D eigenvalue weighted by Gasteiger charge is 1.98. The molecule has 27 heavy (non-hydrogen) atoms. The Kier molecular flexibility index (Phi) is 12.9. The number of aryl methyl sites for hydroxylation is 2. The number of phenols is 1. The van der Waals surface area contributed by atoms with Gasteiger partial charge in [-0.3, -0.25) is 0 Å². The summed E-state index contributed by atoms with van der Waals surface area (Å²) >= 11 is 4.96. The molecule has 6 nitrogen and oxygen atoms in total. The first kappa shape index (κ1) is 24.2. The van der Waals surface area contributed by atoms with Gasteiger partial charge >= 0.3 is 0 Å². The van der Waals surface area contributed by atoms with Crippen LogP contribution in [0.25, 0.3) is 0 Å². The Morgan fingerprint density at radius 1 is 0.889 bits per heavy atom. The zero-order valence-electron chi connectivity index (χ0n) is 15.8. The van der Waals surface area contributed by atoms with Crippen LogP contribution in [0.15, 0.2) is 36.4 Å². The van der Waals surface area contributed by atoms with Crippen molar-refractivity contribution in [2.45, 2.75) is 13.8 Å². The van der Waals surface area contributed by atoms with Gasteiger partial charge in [0.15, 0.2) is 6.79 Å². The molecule has 0 amide bonds. The van der Waals surface area contributed by atoms with Gasteiger partial charge in [0.1, 0.15) is 17.6 Å². The zero-order valence-corrected chi connectivity index (χ0v) is 16.6. The number of hydrogen-bond donors (Lipinski definition) is 1. The lowest BCUT2D eigenvalue weighted by molar-refractivity contribution is 0.0511. The molecule has 0 aliphatic heterocycles. The SMILES string of the molecule is COCCl.COCOc1cc(C)cc(C#N)c1.Cc1cc(O)cc(C#N)c1. The summed E-state index contributed by atoms with van der Waals surface area (Å²) in [5.74, 6) is 0.815. The molecule has 0 bridgehead atoms. The third-order valence-corrected chi connectivity index (χ3v) is 3.04. The summed E-state index contributed by atoms with van der Waals surface area (Å²) in [5, 5.41) is 26.1. The number of nitriles is 2. The molecule has 0 spiro atoms. The van der Waals surface area contributed by atoms with Crippen molar-refractivity contribution < 1.29 is 19.3 Å². The van der Waals surface area contributed by atoms with E-state index >= 15 is 0 Å². The van der Waals surface area contributed by atoms with Gasteiger partial charge in [-0.1, -0.05) is 11.6 Å². The first-order valence-corrected chi connectivity index (χ1v) is 8.32. The number of methoxy groups -OCH3 is 2. The number of ether oxygens (including phenoxy) is 3. The third-order valence-electron chi connectivity index (χ3n) is 2.82. The van der Waals surface area contributed by atoms with Crippen LogP contribution in [0.1, 0.15) is 22.3 Å². The molecule has 0 unspecified atom stereocenters. The fraction of sp³-hybridized carbons (Fsp3) is 0.300. The van der Waals surface area contributed by atoms with Crippen molar-refractivity contribution in [2.24, 2.45) is 0 Å². The molecular weight excluding hydrogens is 368 g/mol. The molecule has 0 radical (unpaired) electrons. The topological polar surface area (TPSA) is 95.5 Å². The van der Waals surface area contributed by atoms with E-state index in [9.17, 15) is 0 Å². The maximum absolute atomic E-state index is 8.97. The molecule has 2 rings (SSSR count). The predicted octanol–water partition coefficient (Wildman–Crippen LogP) is 4.25. The van der Waals surface area contributed by atoms with Crippen LogP contribution in [0.4, 0.5) is 0 Å². The van der Waals surface area contributed by atoms with Gasteiger partial charge in [-0.25, -0.2) is 0 Å². The maximum Gasteiger partial charge on any atom is 0.188 e. The van der Waals surface area contributed by atoms with E-state index in [4.69, 9.17) is 36.7 Å². The second-order valence-corrected chi connectivity index (χ2v) is 5.48. The molecule has 0 heterocycles. The zero-order chi connectivity index (χ0) is 20.7. The van der Waals surface area contributed by atoms with Crippen LogP contribution in [0, 0.1) is 36.5 Å². The Hall–Kier alpha value is -2.77. The lowest BCUT2D eigenvalue weighted by atomic mass is 10.1. The van der Waals surface area contributed by atoms with E-state index in [-0.39, 0.29) is 12.5 Å². The lowest BCUT2D eigenvalue weighted by Gasteiger charge is -2.05. The Bertz CT molecular complexity index is 760. The molecule has 0 aromatic heterocycles. The summed E-state index contributed by atoms with van der Waals surface area (Å²) in [4.78, 5) is 0. The highest BCUT2D eigenvalue weighted by Crippen LogP contribution is 2.16. The van der Waals surface area contributed by atoms with Crippen LogP contribution >= 0.6 is 11.6 Å². The number of aromatic hydroxyl groups is 1. The normalized spacial score (nSPS) is 8.85. The number of benzene rings is 2. The van der Waals surface area contributed by atoms with Crippen molar-refractivity contribution in [1.82, 2.24) is 0 Å². The quantitative estimate of drug-likeness (QED) is 0.619. The fourth-order valence-corrected chi connectivity index (χ4v) is 1.85. The van der Waals surface area contributed by atoms with Crippen molar-refractivity contribution in [1.29, 1.82) is 10.5 Å². The van der Waals surface area contributed by atoms with Gasteiger partial charge < -0.3 is 19.3 Å². The average Bonchev–Trinajstić information content (AvgIpc) is 2.65. The van der Waals surface area contributed by atoms with Crippen molar-refractivity contribution in [2.75, 3.05) is 27.1 Å². The van der Waals surface area contributed by atoms with Crippen LogP contribution in [-0.4, -0.2) is 32.2 Å². The fourth-order valence-electron chi connectivity index (χ4n) is 1.85. The monoisotopic (exact) mass is 390 g/mol. The molecule has 0 fully saturated rings. The van der Waals surface area contributed by atoms with Crippen molar-refractivity contribution in [3.05, 3.63) is 58.7 Å². The van der Waals surface area contributed by atoms with Crippen LogP contribution < -0.4 is 4.74 Å². The molecule has 1 N–H and O–H groups in total. The number of hydrogen-bond acceptors (Lipinski definition) is 6. The molecule has 2 aromatic carbocycles. The van der Waals surface area contributed by atoms with E-state index in [1.807, 2.05) is 26.0 Å². The summed E-state index contributed by atoms with van der Waals surface area (Å²) in [6, 6.07) is 14.4. The highest BCUT2D eigenvalue weighted by molar-refractivity contribution is 6.17. The van der Waals surface area contributed by atoms with Crippen LogP contribution in [0.5, 0.6) is 11.5 Å². The minimum Gasteiger partial charge on any atom is -0.508 e. The first-order chi connectivity index (χ1) is 12.9. The highest BCUT2D eigenvalue weighted by atomic mass is 35.5. The predicted molar refractivity (Wildman–Crippen MR) is 104 cm³/mol. The number of phenolic OH excluding ortho intramolecular Hbond substituents is 1. The molecule has 0 aliphatic carbocycles. The Balaban J connectivity index is 0.000000428. The molecule has 7 heteroatoms. The third kappa shape index (κ3) is 11.5. The van der Waals surface area contributed by atoms with Crippen molar-refractivity contribution in [3.63, 3.8) is 0 Å². The van der Waals surface area contributed by atoms with Crippen LogP contribution in [0.3, 0.4) is 0 Å². The van der Waals surface area contributed by atoms with Gasteiger partial charge in [0.2, 0.25) is 0 Å². The summed E-state index contributed by atoms with van der Waals surface area (Å²) < 4.78 is 14.3. The molecule has 0 saturated carbocycles. The number of halogens is 1. The Labute approximate surface area is 165 Å². The molecular formula is C20H23ClN2O4. The molecule has 0 saturated heterocycles. The summed E-state index contributed by atoms with van der Waals surface area (Å²) in [7, 11) is 3.11. The standard InChI is InChI=1S/C10H11NO2.C8H7NO.C2H5ClO/c1-8-3-9(6-11)5-10(4-8)13-7-12-2;1-6-2-7(5-9)4-8(10)3-6;1-4-2-3/h3-5H,7H2,1-2H3;2-4,10H,1H3;2H2,1H3. The molecule has 0 aliphatic rings. The summed E-state index contributed by atoms with van der Waals surface area (Å²) in [6.45, 7) is 3.95. The van der Waals surface area contributed by atoms with E-state index in [0.717, 1.165) is 11.1 Å². The van der Waals surface area contributed by atoms with Gasteiger partial charge in [-0.2, -0.15) is 10.5 Å². The number of rotatable bonds is 4. The van der Waals surface area contributed by atoms with Crippen LogP contribution in [0.2, 0.25) is 0 Å². The van der Waals surface area contributed by atoms with Gasteiger partial charge in [-0.05, 0) is 61.4 Å². The summed E-state index contributed by atoms with van der Waals surface area (Å²) in [6.07, 6.45) is 0. The second-order valence-electron chi connectivity index (χ2n) is 5.26. The first-order valence-electron chi connectivity index (χ1n) is 7.79. The van der Waals surface area contributed by atoms with Gasteiger partial charge in [0.25, 0.3) is 0 Å². The van der Waals surface area contributed by atoms with E-state index in [1.165, 1.54) is 6.07 Å². The smallest absolute Gasteiger partial charge is 0.188 e. The Morgan fingerprint density at radius 2 is 1.41 bits per heavy atom. The van der Waals surface area contributed by atoms with Gasteiger partial charge in [0, 0.05) is 14.2 Å². The molecule has 144 valence electrons. The summed E-state index contributed by atoms with van der Waals surface area (Å²) in [5.41, 5.74) is 3.00. The van der Waals surface area contributed by atoms with Crippen LogP contribution in [-0.2, 0) is 9.47 Å².